The summed E-state index contributed by atoms with van der Waals surface area (Å²) in [6.45, 7) is 0. The van der Waals surface area contributed by atoms with Crippen LogP contribution in [0.15, 0.2) is 30.3 Å². The molecule has 0 amide bonds. The van der Waals surface area contributed by atoms with Gasteiger partial charge in [-0.15, -0.1) is 0 Å². The van der Waals surface area contributed by atoms with Crippen molar-refractivity contribution in [3.05, 3.63) is 41.2 Å². The van der Waals surface area contributed by atoms with Crippen LogP contribution in [0.25, 0.3) is 0 Å². The van der Waals surface area contributed by atoms with E-state index in [0.29, 0.717) is 11.5 Å². The molecule has 0 bridgehead atoms. The topological polar surface area (TPSA) is 47.0 Å². The molecule has 2 rings (SSSR count). The van der Waals surface area contributed by atoms with Gasteiger partial charge in [-0.3, -0.25) is 0 Å². The normalized spacial score (nSPS) is 11.2. The van der Waals surface area contributed by atoms with Crippen LogP contribution in [0.4, 0.5) is 24.7 Å². The molecule has 0 unspecified atom stereocenters. The summed E-state index contributed by atoms with van der Waals surface area (Å²) in [5.74, 6) is 0.570. The third kappa shape index (κ3) is 3.51. The largest absolute Gasteiger partial charge is 0.481 e. The highest BCUT2D eigenvalue weighted by molar-refractivity contribution is 6.28. The average Bonchev–Trinajstić information content (AvgIpc) is 2.37. The van der Waals surface area contributed by atoms with Gasteiger partial charge in [-0.05, 0) is 35.9 Å². The summed E-state index contributed by atoms with van der Waals surface area (Å²) in [5.41, 5.74) is -0.281. The van der Waals surface area contributed by atoms with Crippen LogP contribution in [-0.2, 0) is 6.18 Å². The average molecular weight is 304 g/mol. The molecule has 0 saturated heterocycles. The number of nitrogens with zero attached hydrogens (tertiary/aromatic N) is 2. The molecular weight excluding hydrogens is 295 g/mol. The van der Waals surface area contributed by atoms with Gasteiger partial charge in [-0.2, -0.15) is 18.2 Å². The number of halogens is 4. The Morgan fingerprint density at radius 2 is 1.80 bits per heavy atom. The number of ether oxygens (including phenoxy) is 1. The molecule has 1 N–H and O–H groups in total. The van der Waals surface area contributed by atoms with Crippen molar-refractivity contribution in [3.8, 4) is 5.88 Å². The maximum absolute atomic E-state index is 12.4. The standard InChI is InChI=1S/C12H9ClF3N3O/c1-20-10-6-9(18-11(13)19-10)17-8-4-2-7(3-5-8)12(14,15)16/h2-6H,1H3,(H,17,18,19). The molecule has 0 aliphatic heterocycles. The van der Waals surface area contributed by atoms with Crippen LogP contribution in [0.2, 0.25) is 5.28 Å². The predicted octanol–water partition coefficient (Wildman–Crippen LogP) is 3.90. The van der Waals surface area contributed by atoms with Gasteiger partial charge < -0.3 is 10.1 Å². The summed E-state index contributed by atoms with van der Waals surface area (Å²) in [6.07, 6.45) is -4.36. The molecule has 0 radical (unpaired) electrons. The molecule has 0 atom stereocenters. The molecule has 0 fully saturated rings. The summed E-state index contributed by atoms with van der Waals surface area (Å²) >= 11 is 5.69. The molecule has 1 heterocycles. The van der Waals surface area contributed by atoms with Crippen molar-refractivity contribution < 1.29 is 17.9 Å². The molecule has 0 saturated carbocycles. The third-order valence-corrected chi connectivity index (χ3v) is 2.54. The van der Waals surface area contributed by atoms with Gasteiger partial charge in [0.25, 0.3) is 0 Å². The minimum atomic E-state index is -4.36. The lowest BCUT2D eigenvalue weighted by molar-refractivity contribution is -0.137. The summed E-state index contributed by atoms with van der Waals surface area (Å²) in [6, 6.07) is 6.02. The number of aromatic nitrogens is 2. The van der Waals surface area contributed by atoms with Crippen molar-refractivity contribution in [1.82, 2.24) is 9.97 Å². The quantitative estimate of drug-likeness (QED) is 0.874. The van der Waals surface area contributed by atoms with Gasteiger partial charge in [0, 0.05) is 11.8 Å². The zero-order valence-corrected chi connectivity index (χ0v) is 11.0. The smallest absolute Gasteiger partial charge is 0.416 e. The maximum Gasteiger partial charge on any atom is 0.416 e. The van der Waals surface area contributed by atoms with Gasteiger partial charge in [-0.1, -0.05) is 0 Å². The van der Waals surface area contributed by atoms with Crippen molar-refractivity contribution in [2.75, 3.05) is 12.4 Å². The lowest BCUT2D eigenvalue weighted by atomic mass is 10.2. The van der Waals surface area contributed by atoms with Crippen molar-refractivity contribution in [1.29, 1.82) is 0 Å². The molecule has 1 aromatic carbocycles. The van der Waals surface area contributed by atoms with E-state index in [2.05, 4.69) is 15.3 Å². The number of alkyl halides is 3. The highest BCUT2D eigenvalue weighted by Crippen LogP contribution is 2.30. The SMILES string of the molecule is COc1cc(Nc2ccc(C(F)(F)F)cc2)nc(Cl)n1. The number of anilines is 2. The van der Waals surface area contributed by atoms with E-state index in [-0.39, 0.29) is 11.2 Å². The number of hydrogen-bond donors (Lipinski definition) is 1. The van der Waals surface area contributed by atoms with Crippen LogP contribution >= 0.6 is 11.6 Å². The second kappa shape index (κ2) is 5.54. The van der Waals surface area contributed by atoms with E-state index in [1.54, 1.807) is 0 Å². The lowest BCUT2D eigenvalue weighted by Gasteiger charge is -2.09. The maximum atomic E-state index is 12.4. The molecule has 0 aliphatic carbocycles. The Morgan fingerprint density at radius 3 is 2.35 bits per heavy atom. The van der Waals surface area contributed by atoms with Gasteiger partial charge in [0.05, 0.1) is 12.7 Å². The molecule has 106 valence electrons. The van der Waals surface area contributed by atoms with Crippen LogP contribution in [0.5, 0.6) is 5.88 Å². The Bertz CT molecular complexity index is 602. The minimum absolute atomic E-state index is 0.0289. The Morgan fingerprint density at radius 1 is 1.15 bits per heavy atom. The van der Waals surface area contributed by atoms with Crippen LogP contribution in [0, 0.1) is 0 Å². The van der Waals surface area contributed by atoms with Crippen LogP contribution in [0.1, 0.15) is 5.56 Å². The zero-order chi connectivity index (χ0) is 14.8. The van der Waals surface area contributed by atoms with Gasteiger partial charge in [0.2, 0.25) is 11.2 Å². The Hall–Kier alpha value is -2.02. The number of rotatable bonds is 3. The fourth-order valence-corrected chi connectivity index (χ4v) is 1.63. The van der Waals surface area contributed by atoms with Gasteiger partial charge in [0.1, 0.15) is 5.82 Å². The number of benzene rings is 1. The third-order valence-electron chi connectivity index (χ3n) is 2.37. The fourth-order valence-electron chi connectivity index (χ4n) is 1.46. The highest BCUT2D eigenvalue weighted by atomic mass is 35.5. The van der Waals surface area contributed by atoms with Crippen molar-refractivity contribution in [2.24, 2.45) is 0 Å². The van der Waals surface area contributed by atoms with E-state index in [1.165, 1.54) is 25.3 Å². The van der Waals surface area contributed by atoms with Crippen molar-refractivity contribution in [3.63, 3.8) is 0 Å². The van der Waals surface area contributed by atoms with E-state index in [4.69, 9.17) is 16.3 Å². The summed E-state index contributed by atoms with van der Waals surface area (Å²) in [4.78, 5) is 7.67. The molecule has 8 heteroatoms. The first-order valence-corrected chi connectivity index (χ1v) is 5.79. The number of methoxy groups -OCH3 is 1. The minimum Gasteiger partial charge on any atom is -0.481 e. The number of nitrogens with one attached hydrogen (secondary N) is 1. The van der Waals surface area contributed by atoms with E-state index in [9.17, 15) is 13.2 Å². The van der Waals surface area contributed by atoms with E-state index < -0.39 is 11.7 Å². The Labute approximate surface area is 117 Å². The van der Waals surface area contributed by atoms with E-state index >= 15 is 0 Å². The van der Waals surface area contributed by atoms with E-state index in [1.807, 2.05) is 0 Å². The monoisotopic (exact) mass is 303 g/mol. The fraction of sp³-hybridized carbons (Fsp3) is 0.167. The highest BCUT2D eigenvalue weighted by Gasteiger charge is 2.29. The molecule has 0 aliphatic rings. The first-order chi connectivity index (χ1) is 9.38. The molecule has 4 nitrogen and oxygen atoms in total. The first-order valence-electron chi connectivity index (χ1n) is 5.41. The zero-order valence-electron chi connectivity index (χ0n) is 10.2. The Kier molecular flexibility index (Phi) is 3.99. The van der Waals surface area contributed by atoms with Gasteiger partial charge >= 0.3 is 6.18 Å². The molecule has 0 spiro atoms. The van der Waals surface area contributed by atoms with Gasteiger partial charge in [0.15, 0.2) is 0 Å². The lowest BCUT2D eigenvalue weighted by Crippen LogP contribution is -2.04. The second-order valence-corrected chi connectivity index (χ2v) is 4.10. The number of hydrogen-bond acceptors (Lipinski definition) is 4. The summed E-state index contributed by atoms with van der Waals surface area (Å²) in [5, 5.41) is 2.79. The second-order valence-electron chi connectivity index (χ2n) is 3.76. The molecular formula is C12H9ClF3N3O. The summed E-state index contributed by atoms with van der Waals surface area (Å²) < 4.78 is 42.2. The van der Waals surface area contributed by atoms with E-state index in [0.717, 1.165) is 12.1 Å². The molecule has 20 heavy (non-hydrogen) atoms. The van der Waals surface area contributed by atoms with Gasteiger partial charge in [-0.25, -0.2) is 4.98 Å². The van der Waals surface area contributed by atoms with Crippen LogP contribution in [0.3, 0.4) is 0 Å². The van der Waals surface area contributed by atoms with Crippen LogP contribution < -0.4 is 10.1 Å². The predicted molar refractivity (Wildman–Crippen MR) is 68.3 cm³/mol. The Balaban J connectivity index is 2.20. The first kappa shape index (κ1) is 14.4. The molecule has 2 aromatic rings. The molecule has 1 aromatic heterocycles. The van der Waals surface area contributed by atoms with Crippen molar-refractivity contribution in [2.45, 2.75) is 6.18 Å². The van der Waals surface area contributed by atoms with Crippen molar-refractivity contribution >= 4 is 23.1 Å². The summed E-state index contributed by atoms with van der Waals surface area (Å²) in [7, 11) is 1.42. The van der Waals surface area contributed by atoms with Crippen LogP contribution in [-0.4, -0.2) is 17.1 Å².